The monoisotopic (exact) mass is 437 g/mol. The van der Waals surface area contributed by atoms with E-state index in [2.05, 4.69) is 21.5 Å². The predicted octanol–water partition coefficient (Wildman–Crippen LogP) is 5.78. The van der Waals surface area contributed by atoms with E-state index in [0.29, 0.717) is 24.6 Å². The molecule has 0 N–H and O–H groups in total. The Balaban J connectivity index is 1.53. The first-order chi connectivity index (χ1) is 14.2. The maximum atomic E-state index is 14.3. The van der Waals surface area contributed by atoms with Crippen molar-refractivity contribution in [3.05, 3.63) is 63.8 Å². The van der Waals surface area contributed by atoms with Gasteiger partial charge in [-0.25, -0.2) is 4.39 Å². The first kappa shape index (κ1) is 19.8. The number of hydrogen-bond acceptors (Lipinski definition) is 2. The van der Waals surface area contributed by atoms with Crippen molar-refractivity contribution in [2.24, 2.45) is 0 Å². The largest absolute Gasteiger partial charge is 0.433 e. The molecule has 1 fully saturated rings. The van der Waals surface area contributed by atoms with Crippen LogP contribution in [0.25, 0.3) is 10.9 Å². The van der Waals surface area contributed by atoms with E-state index >= 15 is 0 Å². The van der Waals surface area contributed by atoms with E-state index in [1.165, 1.54) is 29.6 Å². The van der Waals surface area contributed by atoms with Gasteiger partial charge < -0.3 is 4.57 Å². The van der Waals surface area contributed by atoms with Crippen molar-refractivity contribution in [3.63, 3.8) is 0 Å². The standard InChI is InChI=1S/C22H20ClF4N3/c1-29-13-3-4-17(29)21-14-9-15(23)16(24)10-18(14)30(19(21)8-13)7-6-12-2-5-20(28-11-12)22(25,26)27/h2,5,9-11,13,17H,3-4,6-8H2,1H3. The van der Waals surface area contributed by atoms with Crippen LogP contribution in [0.15, 0.2) is 30.5 Å². The molecule has 1 aromatic carbocycles. The molecule has 3 nitrogen and oxygen atoms in total. The van der Waals surface area contributed by atoms with Crippen LogP contribution in [0.5, 0.6) is 0 Å². The van der Waals surface area contributed by atoms with Crippen LogP contribution in [-0.4, -0.2) is 27.5 Å². The maximum absolute atomic E-state index is 14.3. The van der Waals surface area contributed by atoms with E-state index < -0.39 is 17.7 Å². The van der Waals surface area contributed by atoms with Crippen molar-refractivity contribution >= 4 is 22.5 Å². The molecule has 2 aliphatic rings. The molecule has 4 heterocycles. The molecule has 8 heteroatoms. The van der Waals surface area contributed by atoms with E-state index in [1.807, 2.05) is 0 Å². The number of pyridine rings is 1. The third-order valence-corrected chi connectivity index (χ3v) is 6.89. The molecule has 2 bridgehead atoms. The Morgan fingerprint density at radius 1 is 1.20 bits per heavy atom. The van der Waals surface area contributed by atoms with Crippen LogP contribution in [0, 0.1) is 5.82 Å². The predicted molar refractivity (Wildman–Crippen MR) is 107 cm³/mol. The lowest BCUT2D eigenvalue weighted by Gasteiger charge is -2.32. The summed E-state index contributed by atoms with van der Waals surface area (Å²) in [6.45, 7) is 0.545. The molecular weight excluding hydrogens is 418 g/mol. The molecule has 0 amide bonds. The van der Waals surface area contributed by atoms with Gasteiger partial charge in [0.25, 0.3) is 0 Å². The number of nitrogens with zero attached hydrogens (tertiary/aromatic N) is 3. The summed E-state index contributed by atoms with van der Waals surface area (Å²) in [5, 5.41) is 1.08. The molecule has 2 unspecified atom stereocenters. The first-order valence-corrected chi connectivity index (χ1v) is 10.4. The lowest BCUT2D eigenvalue weighted by Crippen LogP contribution is -2.34. The summed E-state index contributed by atoms with van der Waals surface area (Å²) in [5.74, 6) is -0.463. The minimum atomic E-state index is -4.45. The molecule has 0 saturated carbocycles. The average molecular weight is 438 g/mol. The number of hydrogen-bond donors (Lipinski definition) is 0. The highest BCUT2D eigenvalue weighted by Crippen LogP contribution is 2.47. The number of rotatable bonds is 3. The van der Waals surface area contributed by atoms with Crippen molar-refractivity contribution < 1.29 is 17.6 Å². The summed E-state index contributed by atoms with van der Waals surface area (Å²) < 4.78 is 54.7. The first-order valence-electron chi connectivity index (χ1n) is 9.98. The highest BCUT2D eigenvalue weighted by molar-refractivity contribution is 6.31. The van der Waals surface area contributed by atoms with Crippen molar-refractivity contribution in [3.8, 4) is 0 Å². The lowest BCUT2D eigenvalue weighted by atomic mass is 9.97. The Kier molecular flexibility index (Phi) is 4.59. The van der Waals surface area contributed by atoms with Gasteiger partial charge in [0.2, 0.25) is 0 Å². The summed E-state index contributed by atoms with van der Waals surface area (Å²) in [6, 6.07) is 6.41. The van der Waals surface area contributed by atoms with Gasteiger partial charge >= 0.3 is 6.18 Å². The number of aromatic nitrogens is 2. The topological polar surface area (TPSA) is 21.1 Å². The molecule has 0 radical (unpaired) electrons. The van der Waals surface area contributed by atoms with Crippen LogP contribution in [0.1, 0.15) is 41.4 Å². The number of alkyl halides is 3. The van der Waals surface area contributed by atoms with Gasteiger partial charge in [-0.15, -0.1) is 0 Å². The minimum Gasteiger partial charge on any atom is -0.344 e. The highest BCUT2D eigenvalue weighted by atomic mass is 35.5. The van der Waals surface area contributed by atoms with Crippen LogP contribution < -0.4 is 0 Å². The van der Waals surface area contributed by atoms with E-state index in [1.54, 1.807) is 6.07 Å². The molecule has 0 aliphatic carbocycles. The summed E-state index contributed by atoms with van der Waals surface area (Å²) in [7, 11) is 2.13. The average Bonchev–Trinajstić information content (AvgIpc) is 3.10. The van der Waals surface area contributed by atoms with E-state index in [4.69, 9.17) is 11.6 Å². The SMILES string of the molecule is CN1C2CCC1c1c(n(CCc3ccc(C(F)(F)F)nc3)c3cc(F)c(Cl)cc13)C2. The molecule has 158 valence electrons. The van der Waals surface area contributed by atoms with Crippen LogP contribution in [0.4, 0.5) is 17.6 Å². The van der Waals surface area contributed by atoms with Gasteiger partial charge in [0.15, 0.2) is 0 Å². The Hall–Kier alpha value is -2.12. The van der Waals surface area contributed by atoms with Crippen molar-refractivity contribution in [2.45, 2.75) is 50.5 Å². The van der Waals surface area contributed by atoms with E-state index in [0.717, 1.165) is 36.2 Å². The third kappa shape index (κ3) is 3.10. The summed E-state index contributed by atoms with van der Waals surface area (Å²) >= 11 is 6.10. The lowest BCUT2D eigenvalue weighted by molar-refractivity contribution is -0.141. The quantitative estimate of drug-likeness (QED) is 0.484. The van der Waals surface area contributed by atoms with Gasteiger partial charge in [0.1, 0.15) is 11.5 Å². The zero-order valence-corrected chi connectivity index (χ0v) is 17.1. The van der Waals surface area contributed by atoms with Gasteiger partial charge in [-0.3, -0.25) is 9.88 Å². The Labute approximate surface area is 176 Å². The van der Waals surface area contributed by atoms with Crippen LogP contribution in [-0.2, 0) is 25.6 Å². The number of aryl methyl sites for hydroxylation is 2. The zero-order chi connectivity index (χ0) is 21.2. The Morgan fingerprint density at radius 2 is 2.00 bits per heavy atom. The van der Waals surface area contributed by atoms with Crippen LogP contribution in [0.3, 0.4) is 0 Å². The van der Waals surface area contributed by atoms with Crippen molar-refractivity contribution in [2.75, 3.05) is 7.05 Å². The molecular formula is C22H20ClF4N3. The van der Waals surface area contributed by atoms with Gasteiger partial charge in [-0.05, 0) is 55.6 Å². The third-order valence-electron chi connectivity index (χ3n) is 6.60. The second kappa shape index (κ2) is 6.95. The number of benzene rings is 1. The van der Waals surface area contributed by atoms with Gasteiger partial charge in [-0.1, -0.05) is 17.7 Å². The Morgan fingerprint density at radius 3 is 2.70 bits per heavy atom. The van der Waals surface area contributed by atoms with E-state index in [-0.39, 0.29) is 11.1 Å². The molecule has 0 spiro atoms. The van der Waals surface area contributed by atoms with E-state index in [9.17, 15) is 17.6 Å². The number of halogens is 5. The fourth-order valence-corrected chi connectivity index (χ4v) is 5.24. The van der Waals surface area contributed by atoms with Crippen LogP contribution in [0.2, 0.25) is 5.02 Å². The molecule has 2 atom stereocenters. The van der Waals surface area contributed by atoms with Crippen molar-refractivity contribution in [1.82, 2.24) is 14.5 Å². The normalized spacial score (nSPS) is 21.4. The van der Waals surface area contributed by atoms with Crippen LogP contribution >= 0.6 is 11.6 Å². The maximum Gasteiger partial charge on any atom is 0.433 e. The number of fused-ring (bicyclic) bond motifs is 6. The molecule has 3 aromatic rings. The molecule has 30 heavy (non-hydrogen) atoms. The number of likely N-dealkylation sites (N-methyl/N-ethyl adjacent to an activating group) is 1. The highest BCUT2D eigenvalue weighted by Gasteiger charge is 2.41. The van der Waals surface area contributed by atoms with Crippen molar-refractivity contribution in [1.29, 1.82) is 0 Å². The molecule has 5 rings (SSSR count). The fourth-order valence-electron chi connectivity index (χ4n) is 5.08. The summed E-state index contributed by atoms with van der Waals surface area (Å²) in [5.41, 5.74) is 3.02. The van der Waals surface area contributed by atoms with Gasteiger partial charge in [0, 0.05) is 42.3 Å². The zero-order valence-electron chi connectivity index (χ0n) is 16.3. The second-order valence-corrected chi connectivity index (χ2v) is 8.62. The molecule has 1 saturated heterocycles. The smallest absolute Gasteiger partial charge is 0.344 e. The summed E-state index contributed by atoms with van der Waals surface area (Å²) in [4.78, 5) is 5.94. The second-order valence-electron chi connectivity index (χ2n) is 8.21. The molecule has 2 aliphatic heterocycles. The molecule has 2 aromatic heterocycles. The minimum absolute atomic E-state index is 0.108. The fraction of sp³-hybridized carbons (Fsp3) is 0.409. The summed E-state index contributed by atoms with van der Waals surface area (Å²) in [6.07, 6.45) is 0.394. The van der Waals surface area contributed by atoms with Gasteiger partial charge in [-0.2, -0.15) is 13.2 Å². The van der Waals surface area contributed by atoms with Gasteiger partial charge in [0.05, 0.1) is 10.5 Å². The Bertz CT molecular complexity index is 1120.